The standard InChI is InChI=1S/C29H23BF2N7O/c1-17(40)34-23-6-4-20(5-7-23)29-25-8-10-27(33-15-18-12-21(31)14-22(32)13-18)38(25)30-39-26(29)9-11-28(39)37-16-24(35-36-37)19-2-3-19/h4-14,16,19H,2-3,15H2,1H3,(H,33,34,40)/p+1. The molecule has 197 valence electrons. The van der Waals surface area contributed by atoms with Crippen molar-refractivity contribution < 1.29 is 18.3 Å². The number of carbonyl (C=O) groups is 1. The molecule has 2 N–H and O–H groups in total. The van der Waals surface area contributed by atoms with E-state index >= 15 is 0 Å². The van der Waals surface area contributed by atoms with Gasteiger partial charge >= 0.3 is 7.55 Å². The average Bonchev–Trinajstić information content (AvgIpc) is 3.31. The Kier molecular flexibility index (Phi) is 5.73. The number of aromatic nitrogens is 4. The number of amidine groups is 1. The van der Waals surface area contributed by atoms with Crippen molar-refractivity contribution in [1.82, 2.24) is 19.6 Å². The lowest BCUT2D eigenvalue weighted by atomic mass is 9.91. The van der Waals surface area contributed by atoms with Gasteiger partial charge in [0.1, 0.15) is 23.7 Å². The third-order valence-corrected chi connectivity index (χ3v) is 7.17. The van der Waals surface area contributed by atoms with Crippen LogP contribution >= 0.6 is 0 Å². The molecule has 2 aromatic heterocycles. The van der Waals surface area contributed by atoms with Gasteiger partial charge in [-0.25, -0.2) is 8.78 Å². The van der Waals surface area contributed by atoms with Gasteiger partial charge < -0.3 is 10.1 Å². The van der Waals surface area contributed by atoms with Crippen molar-refractivity contribution in [2.75, 3.05) is 5.32 Å². The van der Waals surface area contributed by atoms with Gasteiger partial charge in [0.15, 0.2) is 5.69 Å². The summed E-state index contributed by atoms with van der Waals surface area (Å²) in [6.07, 6.45) is 8.23. The Hall–Kier alpha value is -4.80. The highest BCUT2D eigenvalue weighted by Crippen LogP contribution is 2.39. The van der Waals surface area contributed by atoms with Crippen LogP contribution in [0.4, 0.5) is 14.5 Å². The molecule has 11 heteroatoms. The van der Waals surface area contributed by atoms with Crippen LogP contribution in [0.15, 0.2) is 83.6 Å². The summed E-state index contributed by atoms with van der Waals surface area (Å²) in [7, 11) is 1.96. The number of H-pyrrole nitrogens is 1. The van der Waals surface area contributed by atoms with Crippen LogP contribution in [0, 0.1) is 11.6 Å². The predicted octanol–water partition coefficient (Wildman–Crippen LogP) is 4.23. The summed E-state index contributed by atoms with van der Waals surface area (Å²) in [5.41, 5.74) is 6.03. The van der Waals surface area contributed by atoms with E-state index in [1.54, 1.807) is 0 Å². The number of halogens is 2. The molecule has 3 aliphatic rings. The highest BCUT2D eigenvalue weighted by molar-refractivity contribution is 6.41. The molecular formula is C29H24BF2N7O+. The van der Waals surface area contributed by atoms with Gasteiger partial charge in [0.2, 0.25) is 11.7 Å². The van der Waals surface area contributed by atoms with Gasteiger partial charge in [0.25, 0.3) is 0 Å². The number of aromatic amines is 1. The molecule has 1 saturated carbocycles. The molecule has 2 aromatic carbocycles. The Labute approximate surface area is 229 Å². The van der Waals surface area contributed by atoms with Gasteiger partial charge in [-0.1, -0.05) is 12.1 Å². The van der Waals surface area contributed by atoms with Crippen molar-refractivity contribution in [3.05, 3.63) is 113 Å². The minimum absolute atomic E-state index is 0.123. The summed E-state index contributed by atoms with van der Waals surface area (Å²) in [4.78, 5) is 18.2. The Morgan fingerprint density at radius 3 is 2.62 bits per heavy atom. The van der Waals surface area contributed by atoms with Crippen LogP contribution in [-0.2, 0) is 11.3 Å². The Morgan fingerprint density at radius 2 is 1.90 bits per heavy atom. The molecule has 2 aliphatic heterocycles. The largest absolute Gasteiger partial charge is 0.503 e. The minimum Gasteiger partial charge on any atom is -0.337 e. The van der Waals surface area contributed by atoms with E-state index in [2.05, 4.69) is 26.2 Å². The monoisotopic (exact) mass is 535 g/mol. The molecule has 8 nitrogen and oxygen atoms in total. The molecule has 1 radical (unpaired) electrons. The van der Waals surface area contributed by atoms with E-state index in [1.807, 2.05) is 65.7 Å². The van der Waals surface area contributed by atoms with Gasteiger partial charge in [-0.2, -0.15) is 0 Å². The van der Waals surface area contributed by atoms with Crippen molar-refractivity contribution >= 4 is 30.6 Å². The molecule has 1 aliphatic carbocycles. The maximum absolute atomic E-state index is 13.8. The number of benzene rings is 2. The lowest BCUT2D eigenvalue weighted by Gasteiger charge is -2.28. The van der Waals surface area contributed by atoms with E-state index in [1.165, 1.54) is 19.1 Å². The van der Waals surface area contributed by atoms with E-state index in [0.717, 1.165) is 52.9 Å². The number of amides is 1. The molecule has 40 heavy (non-hydrogen) atoms. The SMILES string of the molecule is CC(=O)Nc1ccc(C2=C3C=CC(=NCc4cc(F)cc(F)c4)N3[B]n3c2ccc3-[n+]2cc(C3CC3)n[nH]2)cc1. The topological polar surface area (TPSA) is 82.2 Å². The zero-order valence-corrected chi connectivity index (χ0v) is 21.6. The normalized spacial score (nSPS) is 16.8. The lowest BCUT2D eigenvalue weighted by molar-refractivity contribution is -0.663. The number of nitrogens with zero attached hydrogens (tertiary/aromatic N) is 5. The highest BCUT2D eigenvalue weighted by atomic mass is 19.1. The Morgan fingerprint density at radius 1 is 1.12 bits per heavy atom. The number of aliphatic imine (C=N–C) groups is 1. The van der Waals surface area contributed by atoms with E-state index in [9.17, 15) is 13.6 Å². The molecule has 0 unspecified atom stereocenters. The zero-order chi connectivity index (χ0) is 27.4. The summed E-state index contributed by atoms with van der Waals surface area (Å²) in [5, 5.41) is 10.4. The lowest BCUT2D eigenvalue weighted by Crippen LogP contribution is -2.43. The number of rotatable bonds is 6. The fraction of sp³-hybridized carbons (Fsp3) is 0.172. The first-order chi connectivity index (χ1) is 19.4. The second kappa shape index (κ2) is 9.44. The van der Waals surface area contributed by atoms with Crippen molar-refractivity contribution in [3.63, 3.8) is 0 Å². The van der Waals surface area contributed by atoms with Crippen LogP contribution in [0.25, 0.3) is 11.4 Å². The summed E-state index contributed by atoms with van der Waals surface area (Å²) in [6, 6.07) is 15.2. The molecule has 4 heterocycles. The maximum Gasteiger partial charge on any atom is 0.503 e. The highest BCUT2D eigenvalue weighted by Gasteiger charge is 2.37. The Balaban J connectivity index is 1.30. The van der Waals surface area contributed by atoms with Crippen molar-refractivity contribution in [1.29, 1.82) is 0 Å². The van der Waals surface area contributed by atoms with Gasteiger partial charge in [-0.15, -0.1) is 9.90 Å². The third kappa shape index (κ3) is 4.43. The fourth-order valence-corrected chi connectivity index (χ4v) is 5.19. The number of anilines is 1. The minimum atomic E-state index is -0.629. The fourth-order valence-electron chi connectivity index (χ4n) is 5.19. The second-order valence-corrected chi connectivity index (χ2v) is 10.1. The van der Waals surface area contributed by atoms with Crippen LogP contribution in [0.3, 0.4) is 0 Å². The van der Waals surface area contributed by atoms with E-state index < -0.39 is 11.6 Å². The number of hydrogen-bond acceptors (Lipinski definition) is 3. The molecule has 0 saturated heterocycles. The van der Waals surface area contributed by atoms with E-state index in [4.69, 9.17) is 4.99 Å². The first-order valence-electron chi connectivity index (χ1n) is 13.1. The molecule has 0 atom stereocenters. The number of fused-ring (bicyclic) bond motifs is 2. The summed E-state index contributed by atoms with van der Waals surface area (Å²) in [6.45, 7) is 1.60. The predicted molar refractivity (Wildman–Crippen MR) is 146 cm³/mol. The first kappa shape index (κ1) is 24.3. The van der Waals surface area contributed by atoms with Gasteiger partial charge in [0.05, 0.1) is 12.2 Å². The summed E-state index contributed by atoms with van der Waals surface area (Å²) in [5.74, 6) is 0.638. The molecule has 1 amide bonds. The van der Waals surface area contributed by atoms with Gasteiger partial charge in [-0.3, -0.25) is 14.3 Å². The molecule has 4 aromatic rings. The zero-order valence-electron chi connectivity index (χ0n) is 21.6. The van der Waals surface area contributed by atoms with Crippen molar-refractivity contribution in [2.45, 2.75) is 32.2 Å². The molecule has 0 spiro atoms. The molecule has 7 rings (SSSR count). The van der Waals surface area contributed by atoms with E-state index in [-0.39, 0.29) is 12.5 Å². The molecule has 0 bridgehead atoms. The van der Waals surface area contributed by atoms with Crippen LogP contribution in [-0.4, -0.2) is 38.9 Å². The van der Waals surface area contributed by atoms with Crippen molar-refractivity contribution in [3.8, 4) is 5.82 Å². The summed E-state index contributed by atoms with van der Waals surface area (Å²) < 4.78 is 31.5. The summed E-state index contributed by atoms with van der Waals surface area (Å²) >= 11 is 0. The van der Waals surface area contributed by atoms with Crippen LogP contribution in [0.5, 0.6) is 0 Å². The van der Waals surface area contributed by atoms with Crippen LogP contribution < -0.4 is 10.00 Å². The molecule has 1 fully saturated rings. The first-order valence-corrected chi connectivity index (χ1v) is 13.1. The average molecular weight is 535 g/mol. The maximum atomic E-state index is 13.8. The number of allylic oxidation sites excluding steroid dienone is 1. The van der Waals surface area contributed by atoms with Crippen LogP contribution in [0.1, 0.15) is 48.2 Å². The van der Waals surface area contributed by atoms with E-state index in [0.29, 0.717) is 23.0 Å². The van der Waals surface area contributed by atoms with Gasteiger partial charge in [0, 0.05) is 41.9 Å². The Bertz CT molecular complexity index is 1730. The quantitative estimate of drug-likeness (QED) is 0.287. The second-order valence-electron chi connectivity index (χ2n) is 10.1. The van der Waals surface area contributed by atoms with Gasteiger partial charge in [-0.05, 0) is 71.6 Å². The number of nitrogens with one attached hydrogen (secondary N) is 2. The third-order valence-electron chi connectivity index (χ3n) is 7.17. The van der Waals surface area contributed by atoms with Crippen molar-refractivity contribution in [2.24, 2.45) is 4.99 Å². The molecular weight excluding hydrogens is 511 g/mol. The number of hydrogen-bond donors (Lipinski definition) is 2. The smallest absolute Gasteiger partial charge is 0.337 e. The van der Waals surface area contributed by atoms with Crippen LogP contribution in [0.2, 0.25) is 0 Å². The number of carbonyl (C=O) groups excluding carboxylic acids is 1.